The van der Waals surface area contributed by atoms with Crippen molar-refractivity contribution in [3.05, 3.63) is 192 Å². The van der Waals surface area contributed by atoms with E-state index in [0.717, 1.165) is 75.8 Å². The van der Waals surface area contributed by atoms with E-state index in [1.165, 1.54) is 22.3 Å². The normalized spacial score (nSPS) is 13.6. The summed E-state index contributed by atoms with van der Waals surface area (Å²) < 4.78 is 4.54. The summed E-state index contributed by atoms with van der Waals surface area (Å²) in [5.41, 5.74) is 16.1. The number of hydrogen-bond acceptors (Lipinski definition) is 4. The number of pyridine rings is 2. The first kappa shape index (κ1) is 40.6. The van der Waals surface area contributed by atoms with Crippen LogP contribution in [-0.2, 0) is 19.3 Å². The lowest BCUT2D eigenvalue weighted by atomic mass is 10.0. The lowest BCUT2D eigenvalue weighted by Crippen LogP contribution is -2.01. The molecule has 0 unspecified atom stereocenters. The maximum absolute atomic E-state index is 4.40. The van der Waals surface area contributed by atoms with E-state index in [4.69, 9.17) is 0 Å². The average Bonchev–Trinajstić information content (AvgIpc) is 3.41. The maximum Gasteiger partial charge on any atom is 0.0890 e. The van der Waals surface area contributed by atoms with Crippen molar-refractivity contribution in [3.63, 3.8) is 0 Å². The molecule has 6 nitrogen and oxygen atoms in total. The molecule has 56 heavy (non-hydrogen) atoms. The third-order valence-electron chi connectivity index (χ3n) is 9.19. The van der Waals surface area contributed by atoms with Crippen molar-refractivity contribution in [2.24, 2.45) is 9.98 Å². The van der Waals surface area contributed by atoms with Crippen molar-refractivity contribution in [2.45, 2.75) is 60.3 Å². The Hall–Kier alpha value is -6.62. The van der Waals surface area contributed by atoms with Gasteiger partial charge >= 0.3 is 0 Å². The van der Waals surface area contributed by atoms with E-state index in [1.807, 2.05) is 82.4 Å². The van der Waals surface area contributed by atoms with Crippen LogP contribution in [0, 0.1) is 6.92 Å². The Morgan fingerprint density at radius 3 is 2.30 bits per heavy atom. The molecule has 0 saturated heterocycles. The largest absolute Gasteiger partial charge is 0.313 e. The summed E-state index contributed by atoms with van der Waals surface area (Å²) >= 11 is 0. The molecule has 6 heteroatoms. The van der Waals surface area contributed by atoms with Gasteiger partial charge in [-0.3, -0.25) is 20.0 Å². The Bertz CT molecular complexity index is 2420. The Balaban J connectivity index is 0.00000115. The molecular weight excluding hydrogens is 685 g/mol. The van der Waals surface area contributed by atoms with Crippen LogP contribution in [0.1, 0.15) is 67.8 Å². The van der Waals surface area contributed by atoms with Crippen LogP contribution in [-0.4, -0.2) is 31.5 Å². The zero-order valence-electron chi connectivity index (χ0n) is 33.4. The van der Waals surface area contributed by atoms with Crippen LogP contribution in [0.25, 0.3) is 39.3 Å². The van der Waals surface area contributed by atoms with Gasteiger partial charge in [0.2, 0.25) is 0 Å². The molecule has 0 radical (unpaired) electrons. The van der Waals surface area contributed by atoms with Crippen molar-refractivity contribution in [1.29, 1.82) is 0 Å². The molecule has 1 aliphatic carbocycles. The number of aliphatic imine (C=N–C) groups is 2. The van der Waals surface area contributed by atoms with Gasteiger partial charge in [0.05, 0.1) is 22.4 Å². The molecule has 1 aliphatic heterocycles. The summed E-state index contributed by atoms with van der Waals surface area (Å²) in [6, 6.07) is 13.0. The number of fused-ring (bicyclic) bond motifs is 4. The van der Waals surface area contributed by atoms with Gasteiger partial charge in [0.1, 0.15) is 0 Å². The highest BCUT2D eigenvalue weighted by atomic mass is 15.0. The summed E-state index contributed by atoms with van der Waals surface area (Å²) in [6.07, 6.45) is 41.5. The highest BCUT2D eigenvalue weighted by molar-refractivity contribution is 6.09. The molecule has 4 aromatic heterocycles. The molecule has 0 fully saturated rings. The van der Waals surface area contributed by atoms with Crippen molar-refractivity contribution >= 4 is 51.7 Å². The summed E-state index contributed by atoms with van der Waals surface area (Å²) in [4.78, 5) is 17.5. The molecule has 0 bridgehead atoms. The van der Waals surface area contributed by atoms with Crippen LogP contribution < -0.4 is 0 Å². The van der Waals surface area contributed by atoms with E-state index in [9.17, 15) is 0 Å². The summed E-state index contributed by atoms with van der Waals surface area (Å²) in [7, 11) is 0. The van der Waals surface area contributed by atoms with E-state index in [0.29, 0.717) is 0 Å². The number of aromatic nitrogens is 4. The highest BCUT2D eigenvalue weighted by Gasteiger charge is 2.19. The smallest absolute Gasteiger partial charge is 0.0890 e. The molecule has 282 valence electrons. The van der Waals surface area contributed by atoms with Gasteiger partial charge in [-0.1, -0.05) is 93.8 Å². The maximum atomic E-state index is 4.40. The van der Waals surface area contributed by atoms with Crippen LogP contribution in [0.5, 0.6) is 0 Å². The van der Waals surface area contributed by atoms with Gasteiger partial charge < -0.3 is 9.13 Å². The van der Waals surface area contributed by atoms with Gasteiger partial charge in [0.25, 0.3) is 0 Å². The number of benzene rings is 1. The van der Waals surface area contributed by atoms with E-state index < -0.39 is 0 Å². The second-order valence-electron chi connectivity index (χ2n) is 12.8. The molecule has 1 aromatic carbocycles. The molecular formula is C50H52N6. The van der Waals surface area contributed by atoms with Gasteiger partial charge in [-0.05, 0) is 97.9 Å². The third kappa shape index (κ3) is 9.54. The molecule has 0 spiro atoms. The van der Waals surface area contributed by atoms with Gasteiger partial charge in [-0.25, -0.2) is 0 Å². The fourth-order valence-corrected chi connectivity index (χ4v) is 6.72. The minimum atomic E-state index is 0.756. The fraction of sp³-hybridized carbons (Fsp3) is 0.180. The van der Waals surface area contributed by atoms with Gasteiger partial charge in [-0.2, -0.15) is 0 Å². The van der Waals surface area contributed by atoms with Crippen LogP contribution in [0.4, 0.5) is 0 Å². The Kier molecular flexibility index (Phi) is 15.0. The first-order chi connectivity index (χ1) is 27.6. The monoisotopic (exact) mass is 736 g/mol. The van der Waals surface area contributed by atoms with Crippen LogP contribution in [0.2, 0.25) is 0 Å². The first-order valence-electron chi connectivity index (χ1n) is 19.3. The van der Waals surface area contributed by atoms with E-state index in [-0.39, 0.29) is 0 Å². The Labute approximate surface area is 332 Å². The second kappa shape index (κ2) is 20.7. The quantitative estimate of drug-likeness (QED) is 0.0587. The van der Waals surface area contributed by atoms with Crippen LogP contribution >= 0.6 is 0 Å². The molecule has 5 aromatic rings. The molecule has 0 atom stereocenters. The molecule has 7 rings (SSSR count). The second-order valence-corrected chi connectivity index (χ2v) is 12.8. The minimum absolute atomic E-state index is 0.756. The highest BCUT2D eigenvalue weighted by Crippen LogP contribution is 2.32. The van der Waals surface area contributed by atoms with Crippen LogP contribution in [0.15, 0.2) is 169 Å². The van der Waals surface area contributed by atoms with Gasteiger partial charge in [0, 0.05) is 83.8 Å². The lowest BCUT2D eigenvalue weighted by Gasteiger charge is -2.11. The predicted octanol–water partition coefficient (Wildman–Crippen LogP) is 12.4. The summed E-state index contributed by atoms with van der Waals surface area (Å²) in [5.74, 6) is 0. The van der Waals surface area contributed by atoms with Crippen molar-refractivity contribution in [1.82, 2.24) is 19.1 Å². The van der Waals surface area contributed by atoms with Gasteiger partial charge in [0.15, 0.2) is 0 Å². The average molecular weight is 737 g/mol. The molecule has 0 N–H and O–H groups in total. The fourth-order valence-electron chi connectivity index (χ4n) is 6.72. The SMILES string of the molecule is C=CC.C=CN=Cc1c2c(n(C(/C=C\CC)=C/C=C/Cc3ccc(CC4=CC=C=C(n5c6ccncc6c6cnccc65)C=C4)cc3)c1C)C=CN=CC2.CC. The van der Waals surface area contributed by atoms with E-state index >= 15 is 0 Å². The van der Waals surface area contributed by atoms with Crippen molar-refractivity contribution < 1.29 is 0 Å². The van der Waals surface area contributed by atoms with E-state index in [2.05, 4.69) is 141 Å². The summed E-state index contributed by atoms with van der Waals surface area (Å²) in [5, 5.41) is 2.17. The Morgan fingerprint density at radius 2 is 1.62 bits per heavy atom. The topological polar surface area (TPSA) is 60.4 Å². The first-order valence-corrected chi connectivity index (χ1v) is 19.3. The molecule has 2 aliphatic rings. The predicted molar refractivity (Wildman–Crippen MR) is 242 cm³/mol. The summed E-state index contributed by atoms with van der Waals surface area (Å²) in [6.45, 7) is 17.3. The number of hydrogen-bond donors (Lipinski definition) is 0. The standard InChI is InChI=1S/C45H40N6.C3H6.C2H6/c1-4-6-12-37(50-33(3)40(30-46-5-2)39-21-25-47-26-22-43(39)50)13-8-7-10-34-15-17-36(18-16-34)29-35-11-9-14-38(20-19-35)51-44-23-27-48-31-41(44)42-32-49-28-24-45(42)51;1-3-2;1-2/h5-9,11-13,15-20,22-28,30-32H,2,4,10,21,29H2,1,3H3;3H,1H2,2H3;1-2H3/b8-7+,12-6-,37-13+,46-30?;;. The van der Waals surface area contributed by atoms with Crippen LogP contribution in [0.3, 0.4) is 0 Å². The number of rotatable bonds is 11. The number of allylic oxidation sites excluding steroid dienone is 12. The molecule has 0 amide bonds. The van der Waals surface area contributed by atoms with Gasteiger partial charge in [-0.15, -0.1) is 6.58 Å². The molecule has 5 heterocycles. The van der Waals surface area contributed by atoms with Crippen molar-refractivity contribution in [3.8, 4) is 0 Å². The lowest BCUT2D eigenvalue weighted by molar-refractivity contribution is 1.03. The Morgan fingerprint density at radius 1 is 0.929 bits per heavy atom. The zero-order valence-corrected chi connectivity index (χ0v) is 33.4. The van der Waals surface area contributed by atoms with E-state index in [1.54, 1.807) is 12.3 Å². The molecule has 0 saturated carbocycles. The zero-order chi connectivity index (χ0) is 39.7. The van der Waals surface area contributed by atoms with Crippen molar-refractivity contribution in [2.75, 3.05) is 0 Å². The minimum Gasteiger partial charge on any atom is -0.313 e. The third-order valence-corrected chi connectivity index (χ3v) is 9.19. The number of nitrogens with zero attached hydrogens (tertiary/aromatic N) is 6.